The molecule has 0 radical (unpaired) electrons. The summed E-state index contributed by atoms with van der Waals surface area (Å²) in [5, 5.41) is 7.05. The molecule has 1 saturated heterocycles. The van der Waals surface area contributed by atoms with Gasteiger partial charge in [0.15, 0.2) is 0 Å². The zero-order chi connectivity index (χ0) is 9.97. The first-order valence-corrected chi connectivity index (χ1v) is 5.29. The summed E-state index contributed by atoms with van der Waals surface area (Å²) in [6.07, 6.45) is 5.55. The summed E-state index contributed by atoms with van der Waals surface area (Å²) in [6.45, 7) is 3.99. The van der Waals surface area contributed by atoms with Crippen molar-refractivity contribution in [2.75, 3.05) is 18.0 Å². The number of hydrogen-bond donors (Lipinski definition) is 2. The molecule has 1 atom stereocenters. The summed E-state index contributed by atoms with van der Waals surface area (Å²) in [6, 6.07) is 0.622. The van der Waals surface area contributed by atoms with E-state index in [9.17, 15) is 0 Å². The number of nitrogens with zero attached hydrogens (tertiary/aromatic N) is 2. The van der Waals surface area contributed by atoms with Crippen LogP contribution in [0.1, 0.15) is 25.0 Å². The number of rotatable bonds is 3. The predicted octanol–water partition coefficient (Wildman–Crippen LogP) is 1.04. The molecule has 1 aromatic heterocycles. The Balaban J connectivity index is 2.13. The van der Waals surface area contributed by atoms with Gasteiger partial charge in [0, 0.05) is 12.6 Å². The number of H-pyrrole nitrogens is 1. The van der Waals surface area contributed by atoms with Gasteiger partial charge in [0.2, 0.25) is 0 Å². The van der Waals surface area contributed by atoms with Crippen molar-refractivity contribution < 1.29 is 0 Å². The summed E-state index contributed by atoms with van der Waals surface area (Å²) in [4.78, 5) is 2.44. The van der Waals surface area contributed by atoms with Crippen LogP contribution >= 0.6 is 0 Å². The highest BCUT2D eigenvalue weighted by molar-refractivity contribution is 5.50. The van der Waals surface area contributed by atoms with Crippen molar-refractivity contribution in [3.63, 3.8) is 0 Å². The Labute approximate surface area is 84.5 Å². The van der Waals surface area contributed by atoms with Crippen molar-refractivity contribution in [2.24, 2.45) is 5.73 Å². The van der Waals surface area contributed by atoms with Crippen molar-refractivity contribution in [1.29, 1.82) is 0 Å². The van der Waals surface area contributed by atoms with Gasteiger partial charge in [-0.3, -0.25) is 5.10 Å². The van der Waals surface area contributed by atoms with Crippen LogP contribution < -0.4 is 10.6 Å². The van der Waals surface area contributed by atoms with Gasteiger partial charge in [-0.05, 0) is 32.7 Å². The van der Waals surface area contributed by atoms with E-state index in [1.807, 2.05) is 6.20 Å². The fourth-order valence-corrected chi connectivity index (χ4v) is 2.28. The topological polar surface area (TPSA) is 57.9 Å². The molecule has 1 aliphatic heterocycles. The summed E-state index contributed by atoms with van der Waals surface area (Å²) < 4.78 is 0. The highest BCUT2D eigenvalue weighted by Crippen LogP contribution is 2.28. The van der Waals surface area contributed by atoms with Crippen LogP contribution in [0.4, 0.5) is 5.69 Å². The van der Waals surface area contributed by atoms with Crippen molar-refractivity contribution in [1.82, 2.24) is 10.2 Å². The highest BCUT2D eigenvalue weighted by atomic mass is 15.2. The van der Waals surface area contributed by atoms with Gasteiger partial charge in [0.05, 0.1) is 17.6 Å². The Bertz CT molecular complexity index is 294. The van der Waals surface area contributed by atoms with E-state index < -0.39 is 0 Å². The third-order valence-corrected chi connectivity index (χ3v) is 2.99. The minimum absolute atomic E-state index is 0.622. The molecular weight excluding hydrogens is 176 g/mol. The average molecular weight is 194 g/mol. The lowest BCUT2D eigenvalue weighted by molar-refractivity contribution is 0.618. The molecule has 4 heteroatoms. The Morgan fingerprint density at radius 3 is 3.21 bits per heavy atom. The first kappa shape index (κ1) is 9.52. The van der Waals surface area contributed by atoms with E-state index in [2.05, 4.69) is 22.0 Å². The molecule has 0 amide bonds. The summed E-state index contributed by atoms with van der Waals surface area (Å²) in [5.41, 5.74) is 8.02. The highest BCUT2D eigenvalue weighted by Gasteiger charge is 2.25. The molecule has 14 heavy (non-hydrogen) atoms. The van der Waals surface area contributed by atoms with Crippen molar-refractivity contribution in [2.45, 2.75) is 32.2 Å². The maximum absolute atomic E-state index is 5.61. The van der Waals surface area contributed by atoms with Gasteiger partial charge in [-0.15, -0.1) is 0 Å². The van der Waals surface area contributed by atoms with E-state index in [0.717, 1.165) is 25.2 Å². The first-order valence-electron chi connectivity index (χ1n) is 5.29. The van der Waals surface area contributed by atoms with Gasteiger partial charge >= 0.3 is 0 Å². The largest absolute Gasteiger partial charge is 0.366 e. The summed E-state index contributed by atoms with van der Waals surface area (Å²) in [7, 11) is 0. The van der Waals surface area contributed by atoms with Crippen LogP contribution in [0.15, 0.2) is 6.20 Å². The Morgan fingerprint density at radius 1 is 1.71 bits per heavy atom. The SMILES string of the molecule is Cc1[nH]ncc1N1CCCC1CCN. The number of nitrogens with two attached hydrogens (primary N) is 1. The molecule has 0 bridgehead atoms. The molecule has 0 saturated carbocycles. The van der Waals surface area contributed by atoms with E-state index >= 15 is 0 Å². The van der Waals surface area contributed by atoms with Crippen LogP contribution in [-0.4, -0.2) is 29.3 Å². The van der Waals surface area contributed by atoms with Crippen LogP contribution in [0.5, 0.6) is 0 Å². The summed E-state index contributed by atoms with van der Waals surface area (Å²) in [5.74, 6) is 0. The molecule has 78 valence electrons. The molecule has 1 aromatic rings. The number of aromatic amines is 1. The third kappa shape index (κ3) is 1.62. The lowest BCUT2D eigenvalue weighted by Gasteiger charge is -2.25. The first-order chi connectivity index (χ1) is 6.83. The molecule has 0 aliphatic carbocycles. The van der Waals surface area contributed by atoms with Crippen molar-refractivity contribution in [3.8, 4) is 0 Å². The normalized spacial score (nSPS) is 21.9. The molecule has 1 aliphatic rings. The van der Waals surface area contributed by atoms with Crippen LogP contribution in [0.2, 0.25) is 0 Å². The molecule has 2 rings (SSSR count). The van der Waals surface area contributed by atoms with Crippen molar-refractivity contribution >= 4 is 5.69 Å². The lowest BCUT2D eigenvalue weighted by atomic mass is 10.1. The number of aryl methyl sites for hydroxylation is 1. The van der Waals surface area contributed by atoms with Crippen LogP contribution in [0.3, 0.4) is 0 Å². The van der Waals surface area contributed by atoms with Gasteiger partial charge in [-0.2, -0.15) is 5.10 Å². The minimum atomic E-state index is 0.622. The average Bonchev–Trinajstić information content (AvgIpc) is 2.74. The predicted molar refractivity (Wildman–Crippen MR) is 57.4 cm³/mol. The zero-order valence-electron chi connectivity index (χ0n) is 8.66. The zero-order valence-corrected chi connectivity index (χ0v) is 8.66. The minimum Gasteiger partial charge on any atom is -0.366 e. The van der Waals surface area contributed by atoms with Gasteiger partial charge in [0.1, 0.15) is 0 Å². The van der Waals surface area contributed by atoms with Gasteiger partial charge in [-0.1, -0.05) is 0 Å². The van der Waals surface area contributed by atoms with Gasteiger partial charge in [-0.25, -0.2) is 0 Å². The fraction of sp³-hybridized carbons (Fsp3) is 0.700. The second kappa shape index (κ2) is 4.00. The lowest BCUT2D eigenvalue weighted by Crippen LogP contribution is -2.31. The number of nitrogens with one attached hydrogen (secondary N) is 1. The fourth-order valence-electron chi connectivity index (χ4n) is 2.28. The third-order valence-electron chi connectivity index (χ3n) is 2.99. The van der Waals surface area contributed by atoms with Crippen molar-refractivity contribution in [3.05, 3.63) is 11.9 Å². The Hall–Kier alpha value is -1.03. The summed E-state index contributed by atoms with van der Waals surface area (Å²) >= 11 is 0. The molecule has 0 spiro atoms. The van der Waals surface area contributed by atoms with E-state index in [1.54, 1.807) is 0 Å². The molecular formula is C10H18N4. The Morgan fingerprint density at radius 2 is 2.57 bits per heavy atom. The van der Waals surface area contributed by atoms with Crippen LogP contribution in [0.25, 0.3) is 0 Å². The monoisotopic (exact) mass is 194 g/mol. The van der Waals surface area contributed by atoms with Gasteiger partial charge in [0.25, 0.3) is 0 Å². The quantitative estimate of drug-likeness (QED) is 0.755. The van der Waals surface area contributed by atoms with Crippen LogP contribution in [0, 0.1) is 6.92 Å². The number of anilines is 1. The molecule has 0 aromatic carbocycles. The van der Waals surface area contributed by atoms with E-state index in [0.29, 0.717) is 6.04 Å². The second-order valence-electron chi connectivity index (χ2n) is 3.95. The maximum Gasteiger partial charge on any atom is 0.0782 e. The number of hydrogen-bond acceptors (Lipinski definition) is 3. The smallest absolute Gasteiger partial charge is 0.0782 e. The molecule has 1 fully saturated rings. The molecule has 2 heterocycles. The van der Waals surface area contributed by atoms with Gasteiger partial charge < -0.3 is 10.6 Å². The molecule has 3 N–H and O–H groups in total. The standard InChI is InChI=1S/C10H18N4/c1-8-10(7-12-13-8)14-6-2-3-9(14)4-5-11/h7,9H,2-6,11H2,1H3,(H,12,13). The maximum atomic E-state index is 5.61. The van der Waals surface area contributed by atoms with E-state index in [-0.39, 0.29) is 0 Å². The second-order valence-corrected chi connectivity index (χ2v) is 3.95. The Kier molecular flexibility index (Phi) is 2.72. The van der Waals surface area contributed by atoms with Crippen LogP contribution in [-0.2, 0) is 0 Å². The van der Waals surface area contributed by atoms with E-state index in [1.165, 1.54) is 18.5 Å². The molecule has 4 nitrogen and oxygen atoms in total. The number of aromatic nitrogens is 2. The molecule has 1 unspecified atom stereocenters. The van der Waals surface area contributed by atoms with E-state index in [4.69, 9.17) is 5.73 Å².